The summed E-state index contributed by atoms with van der Waals surface area (Å²) in [4.78, 5) is 21.1. The molecule has 0 heterocycles. The van der Waals surface area contributed by atoms with E-state index in [4.69, 9.17) is 5.11 Å². The van der Waals surface area contributed by atoms with Gasteiger partial charge in [0, 0.05) is 6.07 Å². The molecule has 1 rings (SSSR count). The predicted octanol–water partition coefficient (Wildman–Crippen LogP) is 1.85. The van der Waals surface area contributed by atoms with Crippen LogP contribution in [0.1, 0.15) is 6.92 Å². The molecule has 19 heavy (non-hydrogen) atoms. The third kappa shape index (κ3) is 2.99. The lowest BCUT2D eigenvalue weighted by atomic mass is 10.1. The highest BCUT2D eigenvalue weighted by molar-refractivity contribution is 5.99. The van der Waals surface area contributed by atoms with E-state index >= 15 is 0 Å². The lowest BCUT2D eigenvalue weighted by molar-refractivity contribution is -0.384. The van der Waals surface area contributed by atoms with Gasteiger partial charge in [-0.05, 0) is 13.0 Å². The fourth-order valence-corrected chi connectivity index (χ4v) is 1.11. The molecular weight excluding hydrogens is 269 g/mol. The molecule has 0 aromatic heterocycles. The molecule has 2 N–H and O–H groups in total. The number of rotatable bonds is 3. The van der Waals surface area contributed by atoms with Gasteiger partial charge in [-0.25, -0.2) is 0 Å². The van der Waals surface area contributed by atoms with Crippen molar-refractivity contribution in [2.24, 2.45) is 0 Å². The van der Waals surface area contributed by atoms with Crippen molar-refractivity contribution in [3.8, 4) is 0 Å². The molecule has 0 aliphatic carbocycles. The molecule has 1 aromatic rings. The number of benzene rings is 1. The number of alkyl halides is 3. The summed E-state index contributed by atoms with van der Waals surface area (Å²) in [5.74, 6) is -1.80. The van der Waals surface area contributed by atoms with Crippen LogP contribution >= 0.6 is 0 Å². The van der Waals surface area contributed by atoms with Gasteiger partial charge in [0.15, 0.2) is 0 Å². The highest BCUT2D eigenvalue weighted by Crippen LogP contribution is 2.32. The van der Waals surface area contributed by atoms with Crippen LogP contribution in [0.2, 0.25) is 0 Å². The summed E-state index contributed by atoms with van der Waals surface area (Å²) >= 11 is 0. The Morgan fingerprint density at radius 3 is 2.37 bits per heavy atom. The summed E-state index contributed by atoms with van der Waals surface area (Å²) in [6.07, 6.45) is -5.19. The second-order valence-electron chi connectivity index (χ2n) is 3.80. The minimum Gasteiger partial charge on any atom is -0.373 e. The number of halogens is 3. The molecule has 0 radical (unpaired) electrons. The largest absolute Gasteiger partial charge is 0.426 e. The molecule has 104 valence electrons. The number of aliphatic hydroxyl groups is 1. The molecule has 0 saturated carbocycles. The fourth-order valence-electron chi connectivity index (χ4n) is 1.11. The zero-order valence-electron chi connectivity index (χ0n) is 9.56. The summed E-state index contributed by atoms with van der Waals surface area (Å²) in [7, 11) is 0. The first kappa shape index (κ1) is 14.9. The van der Waals surface area contributed by atoms with E-state index in [0.717, 1.165) is 12.1 Å². The van der Waals surface area contributed by atoms with Crippen LogP contribution in [0.4, 0.5) is 24.5 Å². The van der Waals surface area contributed by atoms with Crippen molar-refractivity contribution >= 4 is 17.3 Å². The Labute approximate surface area is 105 Å². The van der Waals surface area contributed by atoms with E-state index in [1.54, 1.807) is 5.32 Å². The molecule has 0 fully saturated rings. The standard InChI is InChI=1S/C10H9F3N2O4/c1-9(17,10(11,12)13)8(16)14-6-4-2-3-5-7(6)15(18)19/h2-5,17H,1H3,(H,14,16). The molecule has 0 bridgehead atoms. The molecule has 0 aliphatic heterocycles. The number of nitrogens with zero attached hydrogens (tertiary/aromatic N) is 1. The van der Waals surface area contributed by atoms with E-state index < -0.39 is 34.0 Å². The van der Waals surface area contributed by atoms with Gasteiger partial charge >= 0.3 is 6.18 Å². The van der Waals surface area contributed by atoms with Crippen LogP contribution in [0.25, 0.3) is 0 Å². The fraction of sp³-hybridized carbons (Fsp3) is 0.300. The molecule has 0 spiro atoms. The van der Waals surface area contributed by atoms with Gasteiger partial charge in [0.1, 0.15) is 5.69 Å². The van der Waals surface area contributed by atoms with E-state index in [2.05, 4.69) is 0 Å². The van der Waals surface area contributed by atoms with Crippen molar-refractivity contribution in [3.05, 3.63) is 34.4 Å². The van der Waals surface area contributed by atoms with Crippen molar-refractivity contribution in [1.29, 1.82) is 0 Å². The van der Waals surface area contributed by atoms with Crippen LogP contribution in [0.3, 0.4) is 0 Å². The third-order valence-electron chi connectivity index (χ3n) is 2.34. The lowest BCUT2D eigenvalue weighted by Crippen LogP contribution is -2.52. The molecule has 9 heteroatoms. The number of carbonyl (C=O) groups is 1. The smallest absolute Gasteiger partial charge is 0.373 e. The van der Waals surface area contributed by atoms with E-state index in [1.165, 1.54) is 12.1 Å². The maximum absolute atomic E-state index is 12.4. The number of nitro groups is 1. The number of nitrogens with one attached hydrogen (secondary N) is 1. The summed E-state index contributed by atoms with van der Waals surface area (Å²) in [5, 5.41) is 21.4. The zero-order valence-corrected chi connectivity index (χ0v) is 9.56. The van der Waals surface area contributed by atoms with Crippen LogP contribution in [-0.4, -0.2) is 27.7 Å². The summed E-state index contributed by atoms with van der Waals surface area (Å²) in [6.45, 7) is 0.261. The van der Waals surface area contributed by atoms with Gasteiger partial charge in [-0.1, -0.05) is 12.1 Å². The minimum atomic E-state index is -5.19. The Morgan fingerprint density at radius 2 is 1.89 bits per heavy atom. The maximum atomic E-state index is 12.4. The van der Waals surface area contributed by atoms with Gasteiger partial charge < -0.3 is 10.4 Å². The first-order valence-corrected chi connectivity index (χ1v) is 4.91. The predicted molar refractivity (Wildman–Crippen MR) is 58.4 cm³/mol. The van der Waals surface area contributed by atoms with Crippen LogP contribution in [-0.2, 0) is 4.79 Å². The molecule has 6 nitrogen and oxygen atoms in total. The number of carbonyl (C=O) groups excluding carboxylic acids is 1. The lowest BCUT2D eigenvalue weighted by Gasteiger charge is -2.24. The van der Waals surface area contributed by atoms with E-state index in [0.29, 0.717) is 0 Å². The van der Waals surface area contributed by atoms with E-state index in [1.807, 2.05) is 0 Å². The average Bonchev–Trinajstić information content (AvgIpc) is 2.27. The summed E-state index contributed by atoms with van der Waals surface area (Å²) in [5.41, 5.74) is -4.65. The van der Waals surface area contributed by atoms with Gasteiger partial charge in [0.2, 0.25) is 5.60 Å². The van der Waals surface area contributed by atoms with Crippen molar-refractivity contribution in [2.75, 3.05) is 5.32 Å². The highest BCUT2D eigenvalue weighted by Gasteiger charge is 2.56. The molecule has 0 saturated heterocycles. The zero-order chi connectivity index (χ0) is 14.8. The quantitative estimate of drug-likeness (QED) is 0.651. The number of para-hydroxylation sites is 2. The van der Waals surface area contributed by atoms with Gasteiger partial charge in [-0.3, -0.25) is 14.9 Å². The van der Waals surface area contributed by atoms with Gasteiger partial charge in [-0.15, -0.1) is 0 Å². The molecule has 1 atom stereocenters. The first-order valence-electron chi connectivity index (χ1n) is 4.91. The minimum absolute atomic E-state index is 0.261. The van der Waals surface area contributed by atoms with Crippen LogP contribution < -0.4 is 5.32 Å². The number of hydrogen-bond donors (Lipinski definition) is 2. The van der Waals surface area contributed by atoms with Crippen molar-refractivity contribution in [3.63, 3.8) is 0 Å². The van der Waals surface area contributed by atoms with Crippen molar-refractivity contribution in [1.82, 2.24) is 0 Å². The highest BCUT2D eigenvalue weighted by atomic mass is 19.4. The van der Waals surface area contributed by atoms with Crippen molar-refractivity contribution in [2.45, 2.75) is 18.7 Å². The Bertz CT molecular complexity index is 514. The van der Waals surface area contributed by atoms with Crippen LogP contribution in [0, 0.1) is 10.1 Å². The van der Waals surface area contributed by atoms with Crippen LogP contribution in [0.15, 0.2) is 24.3 Å². The first-order chi connectivity index (χ1) is 8.57. The molecule has 0 aliphatic rings. The normalized spacial score (nSPS) is 14.6. The second kappa shape index (κ2) is 4.84. The third-order valence-corrected chi connectivity index (χ3v) is 2.34. The Balaban J connectivity index is 3.05. The summed E-state index contributed by atoms with van der Waals surface area (Å²) in [6, 6.07) is 4.65. The maximum Gasteiger partial charge on any atom is 0.426 e. The molecule has 1 amide bonds. The van der Waals surface area contributed by atoms with Gasteiger partial charge in [0.25, 0.3) is 11.6 Å². The topological polar surface area (TPSA) is 92.5 Å². The van der Waals surface area contributed by atoms with E-state index in [-0.39, 0.29) is 6.92 Å². The Kier molecular flexibility index (Phi) is 3.80. The van der Waals surface area contributed by atoms with Crippen molar-refractivity contribution < 1.29 is 28.0 Å². The Morgan fingerprint density at radius 1 is 1.37 bits per heavy atom. The van der Waals surface area contributed by atoms with E-state index in [9.17, 15) is 28.1 Å². The number of nitro benzene ring substituents is 1. The Hall–Kier alpha value is -2.16. The monoisotopic (exact) mass is 278 g/mol. The average molecular weight is 278 g/mol. The van der Waals surface area contributed by atoms with Gasteiger partial charge in [0.05, 0.1) is 4.92 Å². The number of anilines is 1. The second-order valence-corrected chi connectivity index (χ2v) is 3.80. The number of amides is 1. The number of hydrogen-bond acceptors (Lipinski definition) is 4. The van der Waals surface area contributed by atoms with Crippen LogP contribution in [0.5, 0.6) is 0 Å². The molecule has 1 unspecified atom stereocenters. The molecular formula is C10H9F3N2O4. The SMILES string of the molecule is CC(O)(C(=O)Nc1ccccc1[N+](=O)[O-])C(F)(F)F. The van der Waals surface area contributed by atoms with Gasteiger partial charge in [-0.2, -0.15) is 13.2 Å². The molecule has 1 aromatic carbocycles. The summed E-state index contributed by atoms with van der Waals surface area (Å²) < 4.78 is 37.2.